The summed E-state index contributed by atoms with van der Waals surface area (Å²) in [6, 6.07) is 8.88. The molecular weight excluding hydrogens is 278 g/mol. The van der Waals surface area contributed by atoms with Crippen molar-refractivity contribution in [2.75, 3.05) is 12.3 Å². The predicted molar refractivity (Wildman–Crippen MR) is 76.4 cm³/mol. The van der Waals surface area contributed by atoms with Crippen LogP contribution in [-0.2, 0) is 15.3 Å². The van der Waals surface area contributed by atoms with Gasteiger partial charge in [-0.25, -0.2) is 4.79 Å². The maximum atomic E-state index is 12.0. The second kappa shape index (κ2) is 6.76. The number of hydrogen-bond acceptors (Lipinski definition) is 4. The number of hydrogen-bond donors (Lipinski definition) is 2. The van der Waals surface area contributed by atoms with E-state index in [2.05, 4.69) is 0 Å². The summed E-state index contributed by atoms with van der Waals surface area (Å²) < 4.78 is 0. The molecule has 20 heavy (non-hydrogen) atoms. The van der Waals surface area contributed by atoms with E-state index in [-0.39, 0.29) is 24.6 Å². The molecular formula is C14H17NO4S. The Bertz CT molecular complexity index is 479. The lowest BCUT2D eigenvalue weighted by molar-refractivity contribution is -0.147. The monoisotopic (exact) mass is 295 g/mol. The van der Waals surface area contributed by atoms with Gasteiger partial charge in [0.05, 0.1) is 11.9 Å². The number of carbonyl (C=O) groups is 2. The smallest absolute Gasteiger partial charge is 0.326 e. The SMILES string of the molecule is O=C(O)[C@H]1C[C@@H](O)CN1C(=O)CSCc1ccccc1. The lowest BCUT2D eigenvalue weighted by atomic mass is 10.2. The van der Waals surface area contributed by atoms with Crippen molar-refractivity contribution >= 4 is 23.6 Å². The Morgan fingerprint density at radius 2 is 2.00 bits per heavy atom. The number of aliphatic hydroxyl groups is 1. The van der Waals surface area contributed by atoms with Crippen molar-refractivity contribution in [2.24, 2.45) is 0 Å². The fraction of sp³-hybridized carbons (Fsp3) is 0.429. The Morgan fingerprint density at radius 1 is 1.30 bits per heavy atom. The van der Waals surface area contributed by atoms with Crippen molar-refractivity contribution in [3.8, 4) is 0 Å². The van der Waals surface area contributed by atoms with E-state index in [0.717, 1.165) is 5.56 Å². The lowest BCUT2D eigenvalue weighted by Gasteiger charge is -2.20. The van der Waals surface area contributed by atoms with Gasteiger partial charge < -0.3 is 15.1 Å². The first-order chi connectivity index (χ1) is 9.58. The van der Waals surface area contributed by atoms with E-state index in [0.29, 0.717) is 5.75 Å². The highest BCUT2D eigenvalue weighted by Gasteiger charge is 2.38. The first kappa shape index (κ1) is 14.9. The van der Waals surface area contributed by atoms with E-state index in [1.807, 2.05) is 30.3 Å². The van der Waals surface area contributed by atoms with Crippen LogP contribution in [0, 0.1) is 0 Å². The van der Waals surface area contributed by atoms with Gasteiger partial charge in [0.25, 0.3) is 0 Å². The molecule has 6 heteroatoms. The molecule has 1 aliphatic rings. The maximum absolute atomic E-state index is 12.0. The highest BCUT2D eigenvalue weighted by atomic mass is 32.2. The number of aliphatic carboxylic acids is 1. The minimum absolute atomic E-state index is 0.113. The molecule has 1 amide bonds. The second-order valence-corrected chi connectivity index (χ2v) is 5.75. The zero-order valence-corrected chi connectivity index (χ0v) is 11.8. The van der Waals surface area contributed by atoms with Gasteiger partial charge in [0.15, 0.2) is 0 Å². The molecule has 0 radical (unpaired) electrons. The van der Waals surface area contributed by atoms with E-state index in [4.69, 9.17) is 5.11 Å². The van der Waals surface area contributed by atoms with Crippen LogP contribution in [0.25, 0.3) is 0 Å². The topological polar surface area (TPSA) is 77.8 Å². The van der Waals surface area contributed by atoms with Gasteiger partial charge in [-0.2, -0.15) is 0 Å². The van der Waals surface area contributed by atoms with Crippen LogP contribution in [0.1, 0.15) is 12.0 Å². The Morgan fingerprint density at radius 3 is 2.65 bits per heavy atom. The first-order valence-corrected chi connectivity index (χ1v) is 7.55. The summed E-state index contributed by atoms with van der Waals surface area (Å²) in [6.07, 6.45) is -0.621. The summed E-state index contributed by atoms with van der Waals surface area (Å²) in [6.45, 7) is 0.113. The average Bonchev–Trinajstić information content (AvgIpc) is 2.82. The molecule has 0 spiro atoms. The van der Waals surface area contributed by atoms with Crippen molar-refractivity contribution in [1.29, 1.82) is 0 Å². The van der Waals surface area contributed by atoms with E-state index >= 15 is 0 Å². The molecule has 0 aliphatic carbocycles. The third-order valence-corrected chi connectivity index (χ3v) is 4.21. The molecule has 0 unspecified atom stereocenters. The quantitative estimate of drug-likeness (QED) is 0.846. The van der Waals surface area contributed by atoms with E-state index in [1.54, 1.807) is 0 Å². The Labute approximate surface area is 121 Å². The van der Waals surface area contributed by atoms with Crippen molar-refractivity contribution in [3.05, 3.63) is 35.9 Å². The van der Waals surface area contributed by atoms with Gasteiger partial charge in [-0.05, 0) is 5.56 Å². The standard InChI is InChI=1S/C14H17NO4S/c16-11-6-12(14(18)19)15(7-11)13(17)9-20-8-10-4-2-1-3-5-10/h1-5,11-12,16H,6-9H2,(H,18,19)/t11-,12-/m1/s1. The van der Waals surface area contributed by atoms with Crippen LogP contribution >= 0.6 is 11.8 Å². The zero-order chi connectivity index (χ0) is 14.5. The van der Waals surface area contributed by atoms with Crippen LogP contribution < -0.4 is 0 Å². The Hall–Kier alpha value is -1.53. The summed E-state index contributed by atoms with van der Waals surface area (Å²) >= 11 is 1.45. The summed E-state index contributed by atoms with van der Waals surface area (Å²) in [7, 11) is 0. The highest BCUT2D eigenvalue weighted by molar-refractivity contribution is 7.99. The molecule has 0 bridgehead atoms. The third-order valence-electron chi connectivity index (χ3n) is 3.22. The molecule has 108 valence electrons. The Kier molecular flexibility index (Phi) is 5.03. The van der Waals surface area contributed by atoms with Gasteiger partial charge in [0.2, 0.25) is 5.91 Å². The normalized spacial score (nSPS) is 21.9. The summed E-state index contributed by atoms with van der Waals surface area (Å²) in [5, 5.41) is 18.5. The summed E-state index contributed by atoms with van der Waals surface area (Å²) in [5.74, 6) is -0.343. The van der Waals surface area contributed by atoms with Crippen LogP contribution in [-0.4, -0.2) is 51.4 Å². The van der Waals surface area contributed by atoms with Crippen LogP contribution in [0.5, 0.6) is 0 Å². The van der Waals surface area contributed by atoms with Crippen LogP contribution in [0.4, 0.5) is 0 Å². The first-order valence-electron chi connectivity index (χ1n) is 6.40. The molecule has 2 N–H and O–H groups in total. The fourth-order valence-corrected chi connectivity index (χ4v) is 3.11. The maximum Gasteiger partial charge on any atom is 0.326 e. The lowest BCUT2D eigenvalue weighted by Crippen LogP contribution is -2.41. The van der Waals surface area contributed by atoms with Gasteiger partial charge >= 0.3 is 5.97 Å². The molecule has 2 rings (SSSR count). The number of carbonyl (C=O) groups excluding carboxylic acids is 1. The third kappa shape index (κ3) is 3.74. The Balaban J connectivity index is 1.84. The minimum Gasteiger partial charge on any atom is -0.480 e. The largest absolute Gasteiger partial charge is 0.480 e. The molecule has 1 aliphatic heterocycles. The average molecular weight is 295 g/mol. The predicted octanol–water partition coefficient (Wildman–Crippen LogP) is 0.966. The molecule has 5 nitrogen and oxygen atoms in total. The number of aliphatic hydroxyl groups excluding tert-OH is 1. The van der Waals surface area contributed by atoms with Gasteiger partial charge in [0, 0.05) is 18.7 Å². The van der Waals surface area contributed by atoms with E-state index < -0.39 is 18.1 Å². The summed E-state index contributed by atoms with van der Waals surface area (Å²) in [5.41, 5.74) is 1.13. The molecule has 0 aromatic heterocycles. The number of β-amino-alcohol motifs (C(OH)–C–C–N with tert-alkyl or cyclic N) is 1. The van der Waals surface area contributed by atoms with Crippen molar-refractivity contribution in [3.63, 3.8) is 0 Å². The molecule has 1 fully saturated rings. The van der Waals surface area contributed by atoms with Gasteiger partial charge in [-0.1, -0.05) is 30.3 Å². The highest BCUT2D eigenvalue weighted by Crippen LogP contribution is 2.20. The van der Waals surface area contributed by atoms with E-state index in [9.17, 15) is 14.7 Å². The molecule has 1 saturated heterocycles. The number of carboxylic acids is 1. The summed E-state index contributed by atoms with van der Waals surface area (Å²) in [4.78, 5) is 24.3. The van der Waals surface area contributed by atoms with Gasteiger partial charge in [-0.3, -0.25) is 4.79 Å². The number of likely N-dealkylation sites (tertiary alicyclic amines) is 1. The molecule has 0 saturated carbocycles. The van der Waals surface area contributed by atoms with Crippen molar-refractivity contribution < 1.29 is 19.8 Å². The van der Waals surface area contributed by atoms with E-state index in [1.165, 1.54) is 16.7 Å². The number of rotatable bonds is 5. The molecule has 2 atom stereocenters. The molecule has 1 heterocycles. The number of thioether (sulfide) groups is 1. The second-order valence-electron chi connectivity index (χ2n) is 4.77. The van der Waals surface area contributed by atoms with Crippen LogP contribution in [0.15, 0.2) is 30.3 Å². The number of nitrogens with zero attached hydrogens (tertiary/aromatic N) is 1. The fourth-order valence-electron chi connectivity index (χ4n) is 2.24. The van der Waals surface area contributed by atoms with Crippen LogP contribution in [0.2, 0.25) is 0 Å². The zero-order valence-electron chi connectivity index (χ0n) is 10.9. The van der Waals surface area contributed by atoms with Crippen LogP contribution in [0.3, 0.4) is 0 Å². The number of carboxylic acid groups (broad SMARTS) is 1. The van der Waals surface area contributed by atoms with Gasteiger partial charge in [-0.15, -0.1) is 11.8 Å². The number of benzene rings is 1. The van der Waals surface area contributed by atoms with Gasteiger partial charge in [0.1, 0.15) is 6.04 Å². The number of amides is 1. The minimum atomic E-state index is -1.05. The molecule has 1 aromatic rings. The molecule has 1 aromatic carbocycles. The van der Waals surface area contributed by atoms with Crippen molar-refractivity contribution in [1.82, 2.24) is 4.90 Å². The van der Waals surface area contributed by atoms with Crippen molar-refractivity contribution in [2.45, 2.75) is 24.3 Å².